The number of pyridine rings is 1. The molecule has 2 rings (SSSR count). The molecule has 0 aliphatic rings. The van der Waals surface area contributed by atoms with Crippen LogP contribution in [0.25, 0.3) is 0 Å². The Kier molecular flexibility index (Phi) is 3.68. The highest BCUT2D eigenvalue weighted by Gasteiger charge is 2.14. The summed E-state index contributed by atoms with van der Waals surface area (Å²) in [5, 5.41) is 4.03. The third-order valence-electron chi connectivity index (χ3n) is 2.49. The minimum atomic E-state index is 0.0718. The molecule has 5 heteroatoms. The van der Waals surface area contributed by atoms with Crippen molar-refractivity contribution in [1.82, 2.24) is 14.8 Å². The Morgan fingerprint density at radius 1 is 1.47 bits per heavy atom. The Labute approximate surface area is 108 Å². The average Bonchev–Trinajstić information content (AvgIpc) is 2.67. The first-order valence-corrected chi connectivity index (χ1v) is 6.08. The first-order valence-electron chi connectivity index (χ1n) is 5.29. The van der Waals surface area contributed by atoms with E-state index in [2.05, 4.69) is 26.0 Å². The van der Waals surface area contributed by atoms with Gasteiger partial charge in [-0.2, -0.15) is 5.10 Å². The van der Waals surface area contributed by atoms with E-state index in [1.807, 2.05) is 18.2 Å². The van der Waals surface area contributed by atoms with Crippen LogP contribution in [-0.4, -0.2) is 20.5 Å². The molecule has 0 fully saturated rings. The standard InChI is InChI=1S/C12H12BrN3O/c1-16-12(10(13)8-15-16)11(17)6-5-9-4-2-3-7-14-9/h2-4,7-8H,5-6H2,1H3. The summed E-state index contributed by atoms with van der Waals surface area (Å²) in [5.74, 6) is 0.0718. The molecule has 2 aromatic heterocycles. The Balaban J connectivity index is 2.04. The molecule has 0 radical (unpaired) electrons. The van der Waals surface area contributed by atoms with Crippen LogP contribution in [0.1, 0.15) is 22.6 Å². The van der Waals surface area contributed by atoms with Crippen LogP contribution in [0, 0.1) is 0 Å². The molecule has 0 spiro atoms. The van der Waals surface area contributed by atoms with Gasteiger partial charge < -0.3 is 0 Å². The van der Waals surface area contributed by atoms with Crippen LogP contribution in [-0.2, 0) is 13.5 Å². The Morgan fingerprint density at radius 3 is 2.88 bits per heavy atom. The number of aryl methyl sites for hydroxylation is 2. The number of carbonyl (C=O) groups excluding carboxylic acids is 1. The van der Waals surface area contributed by atoms with Crippen LogP contribution in [0.2, 0.25) is 0 Å². The molecular weight excluding hydrogens is 282 g/mol. The van der Waals surface area contributed by atoms with Crippen molar-refractivity contribution in [1.29, 1.82) is 0 Å². The quantitative estimate of drug-likeness (QED) is 0.813. The average molecular weight is 294 g/mol. The van der Waals surface area contributed by atoms with Crippen molar-refractivity contribution in [2.45, 2.75) is 12.8 Å². The highest BCUT2D eigenvalue weighted by Crippen LogP contribution is 2.17. The number of rotatable bonds is 4. The molecule has 0 saturated carbocycles. The smallest absolute Gasteiger partial charge is 0.182 e. The number of halogens is 1. The van der Waals surface area contributed by atoms with Gasteiger partial charge in [0.1, 0.15) is 5.69 Å². The maximum absolute atomic E-state index is 12.0. The summed E-state index contributed by atoms with van der Waals surface area (Å²) in [4.78, 5) is 16.2. The lowest BCUT2D eigenvalue weighted by Crippen LogP contribution is -2.09. The van der Waals surface area contributed by atoms with Crippen molar-refractivity contribution in [2.75, 3.05) is 0 Å². The number of nitrogens with zero attached hydrogens (tertiary/aromatic N) is 3. The summed E-state index contributed by atoms with van der Waals surface area (Å²) in [5.41, 5.74) is 1.54. The fourth-order valence-corrected chi connectivity index (χ4v) is 2.20. The van der Waals surface area contributed by atoms with Gasteiger partial charge in [0.15, 0.2) is 5.78 Å². The van der Waals surface area contributed by atoms with Crippen molar-refractivity contribution in [3.63, 3.8) is 0 Å². The fourth-order valence-electron chi connectivity index (χ4n) is 1.63. The SMILES string of the molecule is Cn1ncc(Br)c1C(=O)CCc1ccccn1. The third-order valence-corrected chi connectivity index (χ3v) is 3.07. The number of carbonyl (C=O) groups is 1. The predicted molar refractivity (Wildman–Crippen MR) is 67.8 cm³/mol. The highest BCUT2D eigenvalue weighted by molar-refractivity contribution is 9.10. The zero-order valence-corrected chi connectivity index (χ0v) is 11.0. The number of hydrogen-bond donors (Lipinski definition) is 0. The van der Waals surface area contributed by atoms with Gasteiger partial charge in [-0.1, -0.05) is 6.07 Å². The first-order chi connectivity index (χ1) is 8.18. The lowest BCUT2D eigenvalue weighted by molar-refractivity contribution is 0.0972. The van der Waals surface area contributed by atoms with Crippen molar-refractivity contribution in [2.24, 2.45) is 7.05 Å². The van der Waals surface area contributed by atoms with Gasteiger partial charge in [-0.15, -0.1) is 0 Å². The molecular formula is C12H12BrN3O. The van der Waals surface area contributed by atoms with E-state index >= 15 is 0 Å². The lowest BCUT2D eigenvalue weighted by atomic mass is 10.1. The molecule has 0 bridgehead atoms. The molecule has 0 saturated heterocycles. The van der Waals surface area contributed by atoms with E-state index in [9.17, 15) is 4.79 Å². The second-order valence-corrected chi connectivity index (χ2v) is 4.56. The van der Waals surface area contributed by atoms with Crippen molar-refractivity contribution in [3.8, 4) is 0 Å². The van der Waals surface area contributed by atoms with E-state index in [4.69, 9.17) is 0 Å². The molecule has 17 heavy (non-hydrogen) atoms. The summed E-state index contributed by atoms with van der Waals surface area (Å²) in [7, 11) is 1.76. The van der Waals surface area contributed by atoms with E-state index < -0.39 is 0 Å². The summed E-state index contributed by atoms with van der Waals surface area (Å²) in [6.45, 7) is 0. The zero-order valence-electron chi connectivity index (χ0n) is 9.43. The maximum Gasteiger partial charge on any atom is 0.182 e. The van der Waals surface area contributed by atoms with E-state index in [0.29, 0.717) is 18.5 Å². The molecule has 0 aliphatic carbocycles. The molecule has 0 N–H and O–H groups in total. The van der Waals surface area contributed by atoms with Gasteiger partial charge in [0.25, 0.3) is 0 Å². The molecule has 0 atom stereocenters. The fraction of sp³-hybridized carbons (Fsp3) is 0.250. The number of ketones is 1. The molecule has 2 heterocycles. The van der Waals surface area contributed by atoms with E-state index in [0.717, 1.165) is 10.2 Å². The van der Waals surface area contributed by atoms with E-state index in [-0.39, 0.29) is 5.78 Å². The second kappa shape index (κ2) is 5.23. The van der Waals surface area contributed by atoms with Gasteiger partial charge >= 0.3 is 0 Å². The van der Waals surface area contributed by atoms with Crippen LogP contribution in [0.3, 0.4) is 0 Å². The number of aromatic nitrogens is 3. The van der Waals surface area contributed by atoms with Gasteiger partial charge in [-0.3, -0.25) is 14.5 Å². The number of Topliss-reactive ketones (excluding diaryl/α,β-unsaturated/α-hetero) is 1. The minimum absolute atomic E-state index is 0.0718. The predicted octanol–water partition coefficient (Wildman–Crippen LogP) is 2.39. The van der Waals surface area contributed by atoms with Crippen molar-refractivity contribution < 1.29 is 4.79 Å². The van der Waals surface area contributed by atoms with Crippen LogP contribution in [0.15, 0.2) is 35.1 Å². The van der Waals surface area contributed by atoms with Gasteiger partial charge in [-0.25, -0.2) is 0 Å². The zero-order chi connectivity index (χ0) is 12.3. The molecule has 0 aromatic carbocycles. The molecule has 4 nitrogen and oxygen atoms in total. The molecule has 88 valence electrons. The van der Waals surface area contributed by atoms with Crippen LogP contribution >= 0.6 is 15.9 Å². The summed E-state index contributed by atoms with van der Waals surface area (Å²) < 4.78 is 2.33. The Bertz CT molecular complexity index is 502. The van der Waals surface area contributed by atoms with E-state index in [1.165, 1.54) is 0 Å². The van der Waals surface area contributed by atoms with Gasteiger partial charge in [-0.05, 0) is 34.5 Å². The number of hydrogen-bond acceptors (Lipinski definition) is 3. The van der Waals surface area contributed by atoms with Crippen LogP contribution in [0.4, 0.5) is 0 Å². The molecule has 0 aliphatic heterocycles. The maximum atomic E-state index is 12.0. The normalized spacial score (nSPS) is 10.5. The van der Waals surface area contributed by atoms with Crippen molar-refractivity contribution >= 4 is 21.7 Å². The Hall–Kier alpha value is -1.49. The lowest BCUT2D eigenvalue weighted by Gasteiger charge is -2.02. The van der Waals surface area contributed by atoms with E-state index in [1.54, 1.807) is 24.1 Å². The van der Waals surface area contributed by atoms with Crippen LogP contribution in [0.5, 0.6) is 0 Å². The Morgan fingerprint density at radius 2 is 2.29 bits per heavy atom. The van der Waals surface area contributed by atoms with Gasteiger partial charge in [0.2, 0.25) is 0 Å². The molecule has 0 amide bonds. The van der Waals surface area contributed by atoms with Gasteiger partial charge in [0, 0.05) is 25.4 Å². The minimum Gasteiger partial charge on any atom is -0.292 e. The third kappa shape index (κ3) is 2.79. The monoisotopic (exact) mass is 293 g/mol. The molecule has 2 aromatic rings. The summed E-state index contributed by atoms with van der Waals surface area (Å²) in [6.07, 6.45) is 4.46. The summed E-state index contributed by atoms with van der Waals surface area (Å²) in [6, 6.07) is 5.71. The molecule has 0 unspecified atom stereocenters. The highest BCUT2D eigenvalue weighted by atomic mass is 79.9. The second-order valence-electron chi connectivity index (χ2n) is 3.71. The van der Waals surface area contributed by atoms with Crippen molar-refractivity contribution in [3.05, 3.63) is 46.5 Å². The van der Waals surface area contributed by atoms with Gasteiger partial charge in [0.05, 0.1) is 10.7 Å². The summed E-state index contributed by atoms with van der Waals surface area (Å²) >= 11 is 3.32. The largest absolute Gasteiger partial charge is 0.292 e. The topological polar surface area (TPSA) is 47.8 Å². The first kappa shape index (κ1) is 12.0. The van der Waals surface area contributed by atoms with Crippen LogP contribution < -0.4 is 0 Å².